The van der Waals surface area contributed by atoms with Gasteiger partial charge in [0, 0.05) is 0 Å². The summed E-state index contributed by atoms with van der Waals surface area (Å²) in [6.07, 6.45) is -5.89. The predicted octanol–water partition coefficient (Wildman–Crippen LogP) is -3.21. The van der Waals surface area contributed by atoms with Crippen molar-refractivity contribution in [2.75, 3.05) is 0 Å². The molecule has 1 saturated carbocycles. The van der Waals surface area contributed by atoms with E-state index >= 15 is 0 Å². The Balaban J connectivity index is 2.99. The molecule has 0 aromatic carbocycles. The molecule has 1 aliphatic carbocycles. The van der Waals surface area contributed by atoms with Gasteiger partial charge in [0.05, 0.1) is 0 Å². The van der Waals surface area contributed by atoms with E-state index in [0.29, 0.717) is 0 Å². The number of hydrogen-bond donors (Lipinski definition) is 3. The third-order valence-corrected chi connectivity index (χ3v) is 1.63. The summed E-state index contributed by atoms with van der Waals surface area (Å²) >= 11 is 0. The fourth-order valence-corrected chi connectivity index (χ4v) is 0.873. The molecule has 0 heterocycles. The van der Waals surface area contributed by atoms with Gasteiger partial charge in [-0.3, -0.25) is 14.4 Å². The van der Waals surface area contributed by atoms with Crippen LogP contribution in [0.3, 0.4) is 0 Å². The molecule has 0 unspecified atom stereocenters. The molecular formula is C6H6O6. The number of Topliss-reactive ketones (excluding diaryl/α,β-unsaturated/α-hetero) is 3. The van der Waals surface area contributed by atoms with E-state index in [9.17, 15) is 14.4 Å². The van der Waals surface area contributed by atoms with Gasteiger partial charge < -0.3 is 15.3 Å². The smallest absolute Gasteiger partial charge is 0.269 e. The summed E-state index contributed by atoms with van der Waals surface area (Å²) in [5.41, 5.74) is 0. The van der Waals surface area contributed by atoms with Gasteiger partial charge in [-0.05, 0) is 0 Å². The predicted molar refractivity (Wildman–Crippen MR) is 33.0 cm³/mol. The summed E-state index contributed by atoms with van der Waals surface area (Å²) in [5, 5.41) is 26.4. The zero-order valence-corrected chi connectivity index (χ0v) is 5.80. The minimum atomic E-state index is -2.00. The maximum absolute atomic E-state index is 10.6. The first-order valence-electron chi connectivity index (χ1n) is 3.13. The van der Waals surface area contributed by atoms with Crippen molar-refractivity contribution in [2.24, 2.45) is 0 Å². The lowest BCUT2D eigenvalue weighted by molar-refractivity contribution is -0.165. The van der Waals surface area contributed by atoms with Crippen molar-refractivity contribution in [3.8, 4) is 0 Å². The van der Waals surface area contributed by atoms with Crippen molar-refractivity contribution in [1.29, 1.82) is 0 Å². The van der Waals surface area contributed by atoms with Gasteiger partial charge >= 0.3 is 0 Å². The lowest BCUT2D eigenvalue weighted by atomic mass is 9.89. The number of ketones is 3. The van der Waals surface area contributed by atoms with Gasteiger partial charge in [0.25, 0.3) is 5.78 Å². The monoisotopic (exact) mass is 174 g/mol. The summed E-state index contributed by atoms with van der Waals surface area (Å²) < 4.78 is 0. The number of carbonyl (C=O) groups is 3. The summed E-state index contributed by atoms with van der Waals surface area (Å²) in [6, 6.07) is 0. The second kappa shape index (κ2) is 2.74. The molecule has 3 N–H and O–H groups in total. The van der Waals surface area contributed by atoms with Crippen LogP contribution in [0.5, 0.6) is 0 Å². The van der Waals surface area contributed by atoms with Crippen LogP contribution >= 0.6 is 0 Å². The van der Waals surface area contributed by atoms with E-state index in [4.69, 9.17) is 15.3 Å². The highest BCUT2D eigenvalue weighted by Gasteiger charge is 2.47. The molecule has 0 spiro atoms. The van der Waals surface area contributed by atoms with Crippen LogP contribution in [0, 0.1) is 0 Å². The van der Waals surface area contributed by atoms with E-state index in [1.54, 1.807) is 0 Å². The van der Waals surface area contributed by atoms with E-state index < -0.39 is 35.7 Å². The van der Waals surface area contributed by atoms with Crippen LogP contribution in [-0.2, 0) is 14.4 Å². The minimum absolute atomic E-state index is 1.38. The first kappa shape index (κ1) is 8.98. The SMILES string of the molecule is O=C1C(=O)[C@H](O)C(O)[C@@H](O)C1=O. The molecule has 0 radical (unpaired) electrons. The number of rotatable bonds is 0. The quantitative estimate of drug-likeness (QED) is 0.333. The van der Waals surface area contributed by atoms with Gasteiger partial charge in [0.2, 0.25) is 11.6 Å². The van der Waals surface area contributed by atoms with E-state index in [-0.39, 0.29) is 0 Å². The maximum atomic E-state index is 10.6. The summed E-state index contributed by atoms with van der Waals surface area (Å²) in [7, 11) is 0. The highest BCUT2D eigenvalue weighted by atomic mass is 16.4. The third kappa shape index (κ3) is 1.06. The average Bonchev–Trinajstić information content (AvgIpc) is 2.08. The Hall–Kier alpha value is -1.11. The average molecular weight is 174 g/mol. The lowest BCUT2D eigenvalue weighted by Gasteiger charge is -2.24. The van der Waals surface area contributed by atoms with E-state index in [0.717, 1.165) is 0 Å². The Labute approximate surface area is 66.4 Å². The molecule has 6 heteroatoms. The Bertz CT molecular complexity index is 233. The van der Waals surface area contributed by atoms with Crippen LogP contribution in [-0.4, -0.2) is 51.0 Å². The summed E-state index contributed by atoms with van der Waals surface area (Å²) in [4.78, 5) is 31.8. The molecule has 1 fully saturated rings. The topological polar surface area (TPSA) is 112 Å². The molecule has 0 saturated heterocycles. The normalized spacial score (nSPS) is 32.8. The zero-order valence-electron chi connectivity index (χ0n) is 5.80. The molecule has 0 aromatic heterocycles. The number of hydrogen-bond acceptors (Lipinski definition) is 6. The van der Waals surface area contributed by atoms with Crippen LogP contribution < -0.4 is 0 Å². The Morgan fingerprint density at radius 1 is 0.833 bits per heavy atom. The fraction of sp³-hybridized carbons (Fsp3) is 0.500. The first-order chi connectivity index (χ1) is 5.46. The molecule has 6 nitrogen and oxygen atoms in total. The van der Waals surface area contributed by atoms with Gasteiger partial charge in [-0.2, -0.15) is 0 Å². The van der Waals surface area contributed by atoms with Crippen molar-refractivity contribution in [2.45, 2.75) is 18.3 Å². The van der Waals surface area contributed by atoms with Gasteiger partial charge in [-0.15, -0.1) is 0 Å². The van der Waals surface area contributed by atoms with Gasteiger partial charge in [-0.25, -0.2) is 0 Å². The minimum Gasteiger partial charge on any atom is -0.387 e. The van der Waals surface area contributed by atoms with Crippen LogP contribution in [0.25, 0.3) is 0 Å². The number of carbonyl (C=O) groups excluding carboxylic acids is 3. The number of aliphatic hydroxyl groups excluding tert-OH is 3. The van der Waals surface area contributed by atoms with Crippen LogP contribution in [0.15, 0.2) is 0 Å². The van der Waals surface area contributed by atoms with Gasteiger partial charge in [0.15, 0.2) is 0 Å². The molecule has 0 bridgehead atoms. The van der Waals surface area contributed by atoms with E-state index in [2.05, 4.69) is 0 Å². The van der Waals surface area contributed by atoms with Crippen molar-refractivity contribution < 1.29 is 29.7 Å². The van der Waals surface area contributed by atoms with Crippen molar-refractivity contribution >= 4 is 17.3 Å². The molecule has 0 aromatic rings. The molecule has 1 aliphatic rings. The molecule has 0 amide bonds. The second-order valence-electron chi connectivity index (χ2n) is 2.44. The molecule has 66 valence electrons. The molecular weight excluding hydrogens is 168 g/mol. The zero-order chi connectivity index (χ0) is 9.46. The third-order valence-electron chi connectivity index (χ3n) is 1.63. The number of aliphatic hydroxyl groups is 3. The van der Waals surface area contributed by atoms with E-state index in [1.807, 2.05) is 0 Å². The van der Waals surface area contributed by atoms with Crippen molar-refractivity contribution in [1.82, 2.24) is 0 Å². The second-order valence-corrected chi connectivity index (χ2v) is 2.44. The highest BCUT2D eigenvalue weighted by Crippen LogP contribution is 2.10. The van der Waals surface area contributed by atoms with Crippen LogP contribution in [0.2, 0.25) is 0 Å². The summed E-state index contributed by atoms with van der Waals surface area (Å²) in [6.45, 7) is 0. The van der Waals surface area contributed by atoms with Gasteiger partial charge in [0.1, 0.15) is 18.3 Å². The van der Waals surface area contributed by atoms with Crippen LogP contribution in [0.4, 0.5) is 0 Å². The maximum Gasteiger partial charge on any atom is 0.269 e. The molecule has 2 atom stereocenters. The van der Waals surface area contributed by atoms with Crippen molar-refractivity contribution in [3.05, 3.63) is 0 Å². The lowest BCUT2D eigenvalue weighted by Crippen LogP contribution is -2.57. The van der Waals surface area contributed by atoms with Crippen molar-refractivity contribution in [3.63, 3.8) is 0 Å². The first-order valence-corrected chi connectivity index (χ1v) is 3.13. The standard InChI is InChI=1S/C6H6O6/c7-1-2(8)4(10)6(12)5(11)3(1)9/h1-3,7-9H/t2-,3-/m1/s1. The Kier molecular flexibility index (Phi) is 2.05. The fourth-order valence-electron chi connectivity index (χ4n) is 0.873. The van der Waals surface area contributed by atoms with Gasteiger partial charge in [-0.1, -0.05) is 0 Å². The van der Waals surface area contributed by atoms with E-state index in [1.165, 1.54) is 0 Å². The van der Waals surface area contributed by atoms with Crippen LogP contribution in [0.1, 0.15) is 0 Å². The Morgan fingerprint density at radius 3 is 1.50 bits per heavy atom. The highest BCUT2D eigenvalue weighted by molar-refractivity contribution is 6.66. The largest absolute Gasteiger partial charge is 0.387 e. The molecule has 0 aliphatic heterocycles. The Morgan fingerprint density at radius 2 is 1.17 bits per heavy atom. The molecule has 12 heavy (non-hydrogen) atoms. The molecule has 1 rings (SSSR count). The summed E-state index contributed by atoms with van der Waals surface area (Å²) in [5.74, 6) is -4.23.